The van der Waals surface area contributed by atoms with Crippen LogP contribution in [-0.2, 0) is 0 Å². The summed E-state index contributed by atoms with van der Waals surface area (Å²) >= 11 is 1.42. The molecule has 1 N–H and O–H groups in total. The van der Waals surface area contributed by atoms with Crippen molar-refractivity contribution in [3.05, 3.63) is 103 Å². The predicted octanol–water partition coefficient (Wildman–Crippen LogP) is 7.89. The van der Waals surface area contributed by atoms with Crippen molar-refractivity contribution in [2.75, 3.05) is 24.4 Å². The minimum atomic E-state index is 0.649. The summed E-state index contributed by atoms with van der Waals surface area (Å²) in [6, 6.07) is 32.4. The molecular formula is C28H24N6S. The van der Waals surface area contributed by atoms with E-state index >= 15 is 0 Å². The Morgan fingerprint density at radius 2 is 1.54 bits per heavy atom. The molecule has 7 heteroatoms. The first-order chi connectivity index (χ1) is 17.2. The van der Waals surface area contributed by atoms with Crippen LogP contribution < -0.4 is 10.3 Å². The van der Waals surface area contributed by atoms with Crippen molar-refractivity contribution in [3.63, 3.8) is 0 Å². The summed E-state index contributed by atoms with van der Waals surface area (Å²) in [5.41, 5.74) is 7.75. The molecule has 0 spiro atoms. The Labute approximate surface area is 208 Å². The second kappa shape index (κ2) is 10.3. The first-order valence-electron chi connectivity index (χ1n) is 11.2. The number of benzene rings is 4. The minimum Gasteiger partial charge on any atom is -0.378 e. The molecule has 0 saturated heterocycles. The van der Waals surface area contributed by atoms with Crippen LogP contribution >= 0.6 is 11.3 Å². The highest BCUT2D eigenvalue weighted by Gasteiger charge is 2.14. The number of nitrogens with zero attached hydrogens (tertiary/aromatic N) is 5. The molecule has 0 radical (unpaired) electrons. The van der Waals surface area contributed by atoms with Gasteiger partial charge in [0.25, 0.3) is 0 Å². The maximum absolute atomic E-state index is 4.80. The molecule has 0 aliphatic rings. The highest BCUT2D eigenvalue weighted by Crippen LogP contribution is 2.39. The average Bonchev–Trinajstić information content (AvgIpc) is 3.31. The number of hydrogen-bond donors (Lipinski definition) is 1. The number of aromatic nitrogens is 1. The number of thiazole rings is 1. The molecule has 6 nitrogen and oxygen atoms in total. The van der Waals surface area contributed by atoms with Crippen molar-refractivity contribution in [3.8, 4) is 11.3 Å². The second-order valence-electron chi connectivity index (χ2n) is 8.13. The van der Waals surface area contributed by atoms with E-state index in [0.717, 1.165) is 38.6 Å². The summed E-state index contributed by atoms with van der Waals surface area (Å²) in [4.78, 5) is 6.87. The number of fused-ring (bicyclic) bond motifs is 1. The third kappa shape index (κ3) is 5.42. The van der Waals surface area contributed by atoms with Gasteiger partial charge in [0.1, 0.15) is 5.69 Å². The summed E-state index contributed by atoms with van der Waals surface area (Å²) in [7, 11) is 4.04. The van der Waals surface area contributed by atoms with Crippen LogP contribution in [0.2, 0.25) is 0 Å². The van der Waals surface area contributed by atoms with E-state index in [0.29, 0.717) is 5.13 Å². The monoisotopic (exact) mass is 476 g/mol. The van der Waals surface area contributed by atoms with Crippen LogP contribution in [0.5, 0.6) is 0 Å². The van der Waals surface area contributed by atoms with E-state index in [2.05, 4.69) is 68.1 Å². The molecule has 4 aromatic carbocycles. The van der Waals surface area contributed by atoms with Gasteiger partial charge in [-0.15, -0.1) is 10.2 Å². The molecule has 0 unspecified atom stereocenters. The van der Waals surface area contributed by atoms with Crippen LogP contribution in [0.1, 0.15) is 5.56 Å². The standard InChI is InChI=1S/C28H24N6S/c1-34(2)25-16-12-20(13-17-25)19-29-33-28-30-26(23-15-14-21-8-6-7-9-22(21)18-23)27(35-28)32-31-24-10-4-3-5-11-24/h3-19H,1-2H3,(H,30,33)/b29-19-,32-31?. The second-order valence-corrected chi connectivity index (χ2v) is 9.10. The molecule has 0 fully saturated rings. The zero-order chi connectivity index (χ0) is 24.0. The van der Waals surface area contributed by atoms with Gasteiger partial charge in [0.2, 0.25) is 5.13 Å². The topological polar surface area (TPSA) is 65.2 Å². The van der Waals surface area contributed by atoms with Crippen LogP contribution in [0.3, 0.4) is 0 Å². The van der Waals surface area contributed by atoms with Gasteiger partial charge in [-0.25, -0.2) is 4.98 Å². The Balaban J connectivity index is 1.44. The Morgan fingerprint density at radius 1 is 0.800 bits per heavy atom. The van der Waals surface area contributed by atoms with Gasteiger partial charge in [0.05, 0.1) is 11.9 Å². The lowest BCUT2D eigenvalue weighted by atomic mass is 10.1. The fraction of sp³-hybridized carbons (Fsp3) is 0.0714. The molecule has 0 aliphatic heterocycles. The largest absolute Gasteiger partial charge is 0.378 e. The Kier molecular flexibility index (Phi) is 6.59. The molecule has 5 rings (SSSR count). The fourth-order valence-electron chi connectivity index (χ4n) is 3.57. The van der Waals surface area contributed by atoms with Crippen molar-refractivity contribution in [2.24, 2.45) is 15.3 Å². The van der Waals surface area contributed by atoms with E-state index in [-0.39, 0.29) is 0 Å². The Morgan fingerprint density at radius 3 is 2.31 bits per heavy atom. The van der Waals surface area contributed by atoms with Crippen LogP contribution in [-0.4, -0.2) is 25.3 Å². The van der Waals surface area contributed by atoms with Crippen molar-refractivity contribution in [2.45, 2.75) is 0 Å². The lowest BCUT2D eigenvalue weighted by molar-refractivity contribution is 1.13. The molecule has 0 saturated carbocycles. The molecule has 0 aliphatic carbocycles. The molecule has 0 atom stereocenters. The van der Waals surface area contributed by atoms with Gasteiger partial charge in [-0.05, 0) is 46.7 Å². The minimum absolute atomic E-state index is 0.649. The lowest BCUT2D eigenvalue weighted by Crippen LogP contribution is -2.08. The van der Waals surface area contributed by atoms with Gasteiger partial charge in [-0.2, -0.15) is 5.10 Å². The van der Waals surface area contributed by atoms with E-state index in [1.807, 2.05) is 68.7 Å². The first-order valence-corrected chi connectivity index (χ1v) is 12.0. The van der Waals surface area contributed by atoms with Crippen LogP contribution in [0.15, 0.2) is 112 Å². The lowest BCUT2D eigenvalue weighted by Gasteiger charge is -2.11. The highest BCUT2D eigenvalue weighted by atomic mass is 32.1. The van der Waals surface area contributed by atoms with Crippen LogP contribution in [0.25, 0.3) is 22.0 Å². The van der Waals surface area contributed by atoms with Gasteiger partial charge in [0, 0.05) is 25.3 Å². The molecule has 172 valence electrons. The Hall–Kier alpha value is -4.36. The van der Waals surface area contributed by atoms with E-state index in [4.69, 9.17) is 4.98 Å². The number of hydrogen-bond acceptors (Lipinski definition) is 7. The smallest absolute Gasteiger partial charge is 0.206 e. The van der Waals surface area contributed by atoms with Gasteiger partial charge in [0.15, 0.2) is 5.00 Å². The first kappa shape index (κ1) is 22.4. The summed E-state index contributed by atoms with van der Waals surface area (Å²) in [6.45, 7) is 0. The van der Waals surface area contributed by atoms with Crippen molar-refractivity contribution in [1.29, 1.82) is 0 Å². The van der Waals surface area contributed by atoms with Gasteiger partial charge < -0.3 is 4.90 Å². The van der Waals surface area contributed by atoms with Crippen molar-refractivity contribution < 1.29 is 0 Å². The van der Waals surface area contributed by atoms with Gasteiger partial charge in [-0.3, -0.25) is 5.43 Å². The van der Waals surface area contributed by atoms with E-state index in [1.54, 1.807) is 6.21 Å². The quantitative estimate of drug-likeness (QED) is 0.148. The molecule has 35 heavy (non-hydrogen) atoms. The number of rotatable bonds is 7. The van der Waals surface area contributed by atoms with E-state index in [9.17, 15) is 0 Å². The highest BCUT2D eigenvalue weighted by molar-refractivity contribution is 7.19. The normalized spacial score (nSPS) is 11.5. The maximum atomic E-state index is 4.80. The molecule has 1 aromatic heterocycles. The van der Waals surface area contributed by atoms with Crippen LogP contribution in [0, 0.1) is 0 Å². The number of hydrazone groups is 1. The average molecular weight is 477 g/mol. The molecule has 5 aromatic rings. The van der Waals surface area contributed by atoms with Crippen molar-refractivity contribution >= 4 is 49.8 Å². The molecular weight excluding hydrogens is 452 g/mol. The fourth-order valence-corrected chi connectivity index (χ4v) is 4.33. The summed E-state index contributed by atoms with van der Waals surface area (Å²) in [6.07, 6.45) is 1.78. The molecule has 1 heterocycles. The summed E-state index contributed by atoms with van der Waals surface area (Å²) < 4.78 is 0. The molecule has 0 amide bonds. The van der Waals surface area contributed by atoms with Crippen LogP contribution in [0.4, 0.5) is 21.5 Å². The third-order valence-electron chi connectivity index (χ3n) is 5.43. The van der Waals surface area contributed by atoms with Gasteiger partial charge >= 0.3 is 0 Å². The maximum Gasteiger partial charge on any atom is 0.206 e. The van der Waals surface area contributed by atoms with E-state index in [1.165, 1.54) is 16.7 Å². The Bertz CT molecular complexity index is 1490. The zero-order valence-corrected chi connectivity index (χ0v) is 20.3. The van der Waals surface area contributed by atoms with Gasteiger partial charge in [-0.1, -0.05) is 78.1 Å². The summed E-state index contributed by atoms with van der Waals surface area (Å²) in [5.74, 6) is 0. The van der Waals surface area contributed by atoms with Crippen molar-refractivity contribution in [1.82, 2.24) is 4.98 Å². The SMILES string of the molecule is CN(C)c1ccc(/C=N\Nc2nc(-c3ccc4ccccc4c3)c(N=Nc3ccccc3)s2)cc1. The van der Waals surface area contributed by atoms with E-state index < -0.39 is 0 Å². The third-order valence-corrected chi connectivity index (χ3v) is 6.27. The molecule has 0 bridgehead atoms. The number of anilines is 2. The number of nitrogens with one attached hydrogen (secondary N) is 1. The number of azo groups is 1. The predicted molar refractivity (Wildman–Crippen MR) is 148 cm³/mol. The summed E-state index contributed by atoms with van der Waals surface area (Å²) in [5, 5.41) is 17.0. The zero-order valence-electron chi connectivity index (χ0n) is 19.5.